The van der Waals surface area contributed by atoms with Gasteiger partial charge in [-0.3, -0.25) is 10.2 Å². The van der Waals surface area contributed by atoms with Crippen LogP contribution in [-0.2, 0) is 4.79 Å². The third kappa shape index (κ3) is 3.33. The van der Waals surface area contributed by atoms with Crippen molar-refractivity contribution in [3.63, 3.8) is 0 Å². The van der Waals surface area contributed by atoms with Gasteiger partial charge in [-0.1, -0.05) is 35.5 Å². The largest absolute Gasteiger partial charge is 0.342 e. The number of thioether (sulfide) groups is 1. The van der Waals surface area contributed by atoms with E-state index in [9.17, 15) is 4.79 Å². The smallest absolute Gasteiger partial charge is 0.233 e. The summed E-state index contributed by atoms with van der Waals surface area (Å²) in [5.74, 6) is 0.652. The van der Waals surface area contributed by atoms with Gasteiger partial charge in [-0.25, -0.2) is 5.43 Å². The van der Waals surface area contributed by atoms with E-state index < -0.39 is 0 Å². The molecule has 0 saturated carbocycles. The molecule has 2 fully saturated rings. The van der Waals surface area contributed by atoms with E-state index in [2.05, 4.69) is 44.2 Å². The molecule has 3 atom stereocenters. The average molecular weight is 419 g/mol. The van der Waals surface area contributed by atoms with Crippen molar-refractivity contribution < 1.29 is 4.79 Å². The van der Waals surface area contributed by atoms with Crippen molar-refractivity contribution in [3.8, 4) is 0 Å². The van der Waals surface area contributed by atoms with E-state index in [1.54, 1.807) is 0 Å². The van der Waals surface area contributed by atoms with Crippen molar-refractivity contribution in [2.24, 2.45) is 5.10 Å². The zero-order valence-electron chi connectivity index (χ0n) is 15.4. The number of hydrazone groups is 1. The minimum Gasteiger partial charge on any atom is -0.342 e. The lowest BCUT2D eigenvalue weighted by Gasteiger charge is -2.36. The third-order valence-electron chi connectivity index (χ3n) is 5.76. The monoisotopic (exact) mass is 418 g/mol. The molecule has 28 heavy (non-hydrogen) atoms. The Morgan fingerprint density at radius 1 is 1.21 bits per heavy atom. The summed E-state index contributed by atoms with van der Waals surface area (Å²) in [6.07, 6.45) is 7.36. The van der Waals surface area contributed by atoms with Gasteiger partial charge in [0.05, 0.1) is 17.8 Å². The second-order valence-corrected chi connectivity index (χ2v) is 8.87. The number of halogens is 1. The predicted octanol–water partition coefficient (Wildman–Crippen LogP) is 2.30. The number of rotatable bonds is 3. The summed E-state index contributed by atoms with van der Waals surface area (Å²) in [5.41, 5.74) is 8.06. The van der Waals surface area contributed by atoms with E-state index in [1.807, 2.05) is 23.2 Å². The lowest BCUT2D eigenvalue weighted by atomic mass is 10.00. The second-order valence-electron chi connectivity index (χ2n) is 7.49. The maximum Gasteiger partial charge on any atom is 0.233 e. The fraction of sp³-hybridized carbons (Fsp3) is 0.474. The highest BCUT2D eigenvalue weighted by atomic mass is 35.5. The Bertz CT molecular complexity index is 809. The first-order valence-corrected chi connectivity index (χ1v) is 11.1. The number of nitrogens with one attached hydrogen (secondary N) is 2. The first kappa shape index (κ1) is 18.1. The summed E-state index contributed by atoms with van der Waals surface area (Å²) in [6.45, 7) is 1.79. The molecule has 1 aromatic rings. The van der Waals surface area contributed by atoms with Crippen molar-refractivity contribution in [1.82, 2.24) is 25.7 Å². The van der Waals surface area contributed by atoms with Crippen LogP contribution in [0.1, 0.15) is 30.9 Å². The summed E-state index contributed by atoms with van der Waals surface area (Å²) in [6, 6.07) is 8.50. The van der Waals surface area contributed by atoms with Crippen molar-refractivity contribution in [2.45, 2.75) is 37.5 Å². The topological polar surface area (TPSA) is 63.2 Å². The number of carbonyl (C=O) groups is 1. The fourth-order valence-corrected chi connectivity index (χ4v) is 5.25. The number of hydrazine groups is 1. The molecule has 148 valence electrons. The highest BCUT2D eigenvalue weighted by molar-refractivity contribution is 8.14. The quantitative estimate of drug-likeness (QED) is 0.785. The van der Waals surface area contributed by atoms with Gasteiger partial charge in [0.2, 0.25) is 5.91 Å². The van der Waals surface area contributed by atoms with Crippen LogP contribution in [0.25, 0.3) is 0 Å². The summed E-state index contributed by atoms with van der Waals surface area (Å²) in [5, 5.41) is 8.28. The molecule has 4 aliphatic heterocycles. The van der Waals surface area contributed by atoms with Crippen molar-refractivity contribution in [3.05, 3.63) is 47.3 Å². The van der Waals surface area contributed by atoms with E-state index in [0.717, 1.165) is 42.5 Å². The maximum atomic E-state index is 12.3. The van der Waals surface area contributed by atoms with Crippen LogP contribution in [0.5, 0.6) is 0 Å². The Morgan fingerprint density at radius 3 is 2.79 bits per heavy atom. The molecule has 0 spiro atoms. The molecule has 3 unspecified atom stereocenters. The van der Waals surface area contributed by atoms with E-state index in [1.165, 1.54) is 17.3 Å². The molecule has 0 aromatic heterocycles. The van der Waals surface area contributed by atoms with Gasteiger partial charge >= 0.3 is 0 Å². The highest BCUT2D eigenvalue weighted by Gasteiger charge is 2.44. The minimum absolute atomic E-state index is 0.0687. The molecule has 9 heteroatoms. The number of amides is 1. The Hall–Kier alpha value is -1.90. The molecule has 7 nitrogen and oxygen atoms in total. The molecule has 0 radical (unpaired) electrons. The number of carbonyl (C=O) groups excluding carboxylic acids is 1. The third-order valence-corrected chi connectivity index (χ3v) is 6.96. The van der Waals surface area contributed by atoms with Gasteiger partial charge in [0, 0.05) is 30.5 Å². The Kier molecular flexibility index (Phi) is 4.86. The highest BCUT2D eigenvalue weighted by Crippen LogP contribution is 2.35. The van der Waals surface area contributed by atoms with Crippen LogP contribution in [0.4, 0.5) is 0 Å². The normalized spacial score (nSPS) is 28.2. The summed E-state index contributed by atoms with van der Waals surface area (Å²) in [7, 11) is 0. The number of hydrogen-bond donors (Lipinski definition) is 2. The lowest BCUT2D eigenvalue weighted by molar-refractivity contribution is -0.127. The Labute approximate surface area is 173 Å². The van der Waals surface area contributed by atoms with Crippen LogP contribution in [0, 0.1) is 0 Å². The predicted molar refractivity (Wildman–Crippen MR) is 111 cm³/mol. The van der Waals surface area contributed by atoms with Gasteiger partial charge in [-0.05, 0) is 37.0 Å². The van der Waals surface area contributed by atoms with Gasteiger partial charge in [0.1, 0.15) is 6.17 Å². The lowest BCUT2D eigenvalue weighted by Crippen LogP contribution is -2.54. The first-order valence-electron chi connectivity index (χ1n) is 9.69. The second kappa shape index (κ2) is 7.50. The van der Waals surface area contributed by atoms with Gasteiger partial charge in [0.25, 0.3) is 0 Å². The SMILES string of the molecule is O=C(CSC1=NNC2C3CC(c4ccc(Cl)cc4)NN3C=CN12)N1CCCC1. The number of likely N-dealkylation sites (tertiary alicyclic amines) is 1. The molecule has 5 rings (SSSR count). The van der Waals surface area contributed by atoms with Crippen LogP contribution >= 0.6 is 23.4 Å². The molecule has 0 bridgehead atoms. The fourth-order valence-electron chi connectivity index (χ4n) is 4.25. The van der Waals surface area contributed by atoms with Crippen LogP contribution in [0.15, 0.2) is 41.8 Å². The molecular formula is C19H23ClN6OS. The molecule has 2 N–H and O–H groups in total. The molecular weight excluding hydrogens is 396 g/mol. The minimum atomic E-state index is 0.0687. The van der Waals surface area contributed by atoms with E-state index in [-0.39, 0.29) is 24.2 Å². The van der Waals surface area contributed by atoms with Gasteiger partial charge in [-0.15, -0.1) is 0 Å². The Morgan fingerprint density at radius 2 is 2.00 bits per heavy atom. The van der Waals surface area contributed by atoms with E-state index in [0.29, 0.717) is 5.75 Å². The molecule has 2 saturated heterocycles. The van der Waals surface area contributed by atoms with Crippen molar-refractivity contribution >= 4 is 34.4 Å². The molecule has 1 amide bonds. The van der Waals surface area contributed by atoms with Crippen LogP contribution in [0.3, 0.4) is 0 Å². The van der Waals surface area contributed by atoms with Crippen molar-refractivity contribution in [2.75, 3.05) is 18.8 Å². The summed E-state index contributed by atoms with van der Waals surface area (Å²) >= 11 is 7.53. The van der Waals surface area contributed by atoms with Crippen LogP contribution in [-0.4, -0.2) is 56.9 Å². The van der Waals surface area contributed by atoms with Gasteiger partial charge in [0.15, 0.2) is 5.17 Å². The number of amidine groups is 1. The molecule has 0 aliphatic carbocycles. The van der Waals surface area contributed by atoms with E-state index in [4.69, 9.17) is 11.6 Å². The summed E-state index contributed by atoms with van der Waals surface area (Å²) < 4.78 is 0. The zero-order chi connectivity index (χ0) is 19.1. The van der Waals surface area contributed by atoms with Crippen LogP contribution < -0.4 is 10.9 Å². The van der Waals surface area contributed by atoms with Crippen LogP contribution in [0.2, 0.25) is 5.02 Å². The average Bonchev–Trinajstić information content (AvgIpc) is 3.44. The number of fused-ring (bicyclic) bond motifs is 3. The van der Waals surface area contributed by atoms with Gasteiger partial charge in [-0.2, -0.15) is 5.10 Å². The van der Waals surface area contributed by atoms with Gasteiger partial charge < -0.3 is 14.8 Å². The Balaban J connectivity index is 1.21. The molecule has 4 aliphatic rings. The van der Waals surface area contributed by atoms with E-state index >= 15 is 0 Å². The summed E-state index contributed by atoms with van der Waals surface area (Å²) in [4.78, 5) is 16.4. The standard InChI is InChI=1S/C19H23ClN6OS/c20-14-5-3-13(4-6-14)15-11-16-18-21-22-19(25(18)9-10-26(16)23-15)28-12-17(27)24-7-1-2-8-24/h3-6,9-10,15-16,18,21,23H,1-2,7-8,11-12H2. The number of hydrogen-bond acceptors (Lipinski definition) is 7. The molecule has 1 aromatic carbocycles. The maximum absolute atomic E-state index is 12.3. The number of benzene rings is 1. The zero-order valence-corrected chi connectivity index (χ0v) is 17.0. The molecule has 4 heterocycles. The first-order chi connectivity index (χ1) is 13.7. The van der Waals surface area contributed by atoms with Crippen molar-refractivity contribution in [1.29, 1.82) is 0 Å². The number of nitrogens with zero attached hydrogens (tertiary/aromatic N) is 4.